The van der Waals surface area contributed by atoms with Crippen molar-refractivity contribution in [1.29, 1.82) is 0 Å². The van der Waals surface area contributed by atoms with Crippen LogP contribution in [0.15, 0.2) is 12.1 Å². The number of ether oxygens (including phenoxy) is 1. The minimum atomic E-state index is -1.05. The van der Waals surface area contributed by atoms with Crippen LogP contribution in [0.2, 0.25) is 10.0 Å². The van der Waals surface area contributed by atoms with E-state index in [4.69, 9.17) is 33.0 Å². The van der Waals surface area contributed by atoms with Crippen LogP contribution in [-0.2, 0) is 9.53 Å². The summed E-state index contributed by atoms with van der Waals surface area (Å²) in [6.07, 6.45) is 0. The van der Waals surface area contributed by atoms with E-state index in [0.717, 1.165) is 0 Å². The summed E-state index contributed by atoms with van der Waals surface area (Å²) in [4.78, 5) is 22.1. The molecule has 0 aliphatic heterocycles. The van der Waals surface area contributed by atoms with Gasteiger partial charge in [0.15, 0.2) is 0 Å². The molecule has 0 aliphatic carbocycles. The van der Waals surface area contributed by atoms with Gasteiger partial charge in [-0.1, -0.05) is 23.2 Å². The molecule has 0 atom stereocenters. The van der Waals surface area contributed by atoms with Crippen LogP contribution in [0.4, 0.5) is 0 Å². The van der Waals surface area contributed by atoms with Gasteiger partial charge in [0.25, 0.3) is 5.91 Å². The maximum atomic E-state index is 11.9. The minimum absolute atomic E-state index is 0.114. The predicted molar refractivity (Wildman–Crippen MR) is 80.0 cm³/mol. The zero-order chi connectivity index (χ0) is 14.4. The predicted octanol–water partition coefficient (Wildman–Crippen LogP) is 2.43. The number of carboxylic acids is 1. The Labute approximate surface area is 133 Å². The molecule has 104 valence electrons. The van der Waals surface area contributed by atoms with E-state index in [-0.39, 0.29) is 19.1 Å². The number of nitrogens with one attached hydrogen (secondary N) is 1. The van der Waals surface area contributed by atoms with Gasteiger partial charge in [-0.25, -0.2) is 4.79 Å². The second-order valence-electron chi connectivity index (χ2n) is 3.45. The lowest BCUT2D eigenvalue weighted by molar-refractivity contribution is -0.142. The molecule has 1 aromatic rings. The Hall–Kier alpha value is -0.570. The third-order valence-electron chi connectivity index (χ3n) is 2.00. The van der Waals surface area contributed by atoms with Gasteiger partial charge < -0.3 is 15.2 Å². The van der Waals surface area contributed by atoms with Crippen molar-refractivity contribution in [2.24, 2.45) is 0 Å². The average molecular weight is 418 g/mol. The molecule has 2 N–H and O–H groups in total. The highest BCUT2D eigenvalue weighted by Gasteiger charge is 2.13. The molecule has 5 nitrogen and oxygen atoms in total. The Morgan fingerprint density at radius 2 is 2.05 bits per heavy atom. The second-order valence-corrected chi connectivity index (χ2v) is 5.37. The minimum Gasteiger partial charge on any atom is -0.480 e. The summed E-state index contributed by atoms with van der Waals surface area (Å²) in [6.45, 7) is -0.0777. The molecule has 0 heterocycles. The number of hydrogen-bond acceptors (Lipinski definition) is 3. The molecule has 0 unspecified atom stereocenters. The van der Waals surface area contributed by atoms with Gasteiger partial charge in [-0.05, 0) is 34.7 Å². The quantitative estimate of drug-likeness (QED) is 0.423. The van der Waals surface area contributed by atoms with Crippen molar-refractivity contribution >= 4 is 57.7 Å². The number of rotatable bonds is 6. The van der Waals surface area contributed by atoms with Crippen LogP contribution >= 0.6 is 45.8 Å². The van der Waals surface area contributed by atoms with Crippen LogP contribution in [0.1, 0.15) is 10.4 Å². The smallest absolute Gasteiger partial charge is 0.329 e. The fourth-order valence-corrected chi connectivity index (χ4v) is 2.26. The second kappa shape index (κ2) is 7.88. The van der Waals surface area contributed by atoms with E-state index < -0.39 is 12.6 Å². The molecule has 0 aliphatic rings. The van der Waals surface area contributed by atoms with E-state index >= 15 is 0 Å². The molecule has 0 bridgehead atoms. The lowest BCUT2D eigenvalue weighted by Gasteiger charge is -2.08. The van der Waals surface area contributed by atoms with E-state index in [1.807, 2.05) is 22.6 Å². The summed E-state index contributed by atoms with van der Waals surface area (Å²) in [7, 11) is 0. The summed E-state index contributed by atoms with van der Waals surface area (Å²) in [6, 6.07) is 3.07. The SMILES string of the molecule is O=C(O)COCCNC(=O)c1cc(Cl)cc(Cl)c1I. The monoisotopic (exact) mass is 417 g/mol. The first kappa shape index (κ1) is 16.5. The van der Waals surface area contributed by atoms with Crippen LogP contribution in [0.5, 0.6) is 0 Å². The van der Waals surface area contributed by atoms with Gasteiger partial charge in [-0.3, -0.25) is 4.79 Å². The molecule has 0 fully saturated rings. The number of halogens is 3. The van der Waals surface area contributed by atoms with Gasteiger partial charge in [0, 0.05) is 15.1 Å². The van der Waals surface area contributed by atoms with Crippen LogP contribution in [-0.4, -0.2) is 36.7 Å². The standard InChI is InChI=1S/C11H10Cl2INO4/c12-6-3-7(10(14)8(13)4-6)11(18)15-1-2-19-5-9(16)17/h3-4H,1-2,5H2,(H,15,18)(H,16,17). The lowest BCUT2D eigenvalue weighted by Crippen LogP contribution is -2.28. The summed E-state index contributed by atoms with van der Waals surface area (Å²) >= 11 is 13.7. The normalized spacial score (nSPS) is 10.3. The van der Waals surface area contributed by atoms with Crippen LogP contribution in [0.3, 0.4) is 0 Å². The maximum Gasteiger partial charge on any atom is 0.329 e. The first-order valence-electron chi connectivity index (χ1n) is 5.14. The number of carbonyl (C=O) groups is 2. The van der Waals surface area contributed by atoms with E-state index in [1.165, 1.54) is 6.07 Å². The van der Waals surface area contributed by atoms with Crippen molar-refractivity contribution in [2.75, 3.05) is 19.8 Å². The Balaban J connectivity index is 2.52. The number of amides is 1. The Morgan fingerprint density at radius 1 is 1.37 bits per heavy atom. The molecule has 0 saturated heterocycles. The van der Waals surface area contributed by atoms with Crippen LogP contribution in [0, 0.1) is 3.57 Å². The van der Waals surface area contributed by atoms with Gasteiger partial charge in [0.2, 0.25) is 0 Å². The van der Waals surface area contributed by atoms with Gasteiger partial charge in [-0.2, -0.15) is 0 Å². The van der Waals surface area contributed by atoms with Crippen molar-refractivity contribution in [2.45, 2.75) is 0 Å². The highest BCUT2D eigenvalue weighted by atomic mass is 127. The van der Waals surface area contributed by atoms with Gasteiger partial charge >= 0.3 is 5.97 Å². The first-order valence-corrected chi connectivity index (χ1v) is 6.97. The molecule has 1 amide bonds. The number of hydrogen-bond donors (Lipinski definition) is 2. The number of carboxylic acid groups (broad SMARTS) is 1. The number of benzene rings is 1. The molecular weight excluding hydrogens is 408 g/mol. The van der Waals surface area contributed by atoms with Crippen molar-refractivity contribution in [3.8, 4) is 0 Å². The van der Waals surface area contributed by atoms with E-state index in [1.54, 1.807) is 6.07 Å². The van der Waals surface area contributed by atoms with Crippen molar-refractivity contribution in [3.05, 3.63) is 31.3 Å². The van der Waals surface area contributed by atoms with Crippen LogP contribution < -0.4 is 5.32 Å². The van der Waals surface area contributed by atoms with Crippen LogP contribution in [0.25, 0.3) is 0 Å². The zero-order valence-corrected chi connectivity index (χ0v) is 13.3. The van der Waals surface area contributed by atoms with Gasteiger partial charge in [0.05, 0.1) is 17.2 Å². The summed E-state index contributed by atoms with van der Waals surface area (Å²) in [5.41, 5.74) is 0.372. The van der Waals surface area contributed by atoms with Crippen molar-refractivity contribution < 1.29 is 19.4 Å². The Kier molecular flexibility index (Phi) is 6.84. The van der Waals surface area contributed by atoms with E-state index in [0.29, 0.717) is 19.2 Å². The van der Waals surface area contributed by atoms with E-state index in [2.05, 4.69) is 5.32 Å². The summed E-state index contributed by atoms with van der Waals surface area (Å²) in [5, 5.41) is 11.7. The fourth-order valence-electron chi connectivity index (χ4n) is 1.21. The lowest BCUT2D eigenvalue weighted by atomic mass is 10.2. The number of aliphatic carboxylic acids is 1. The Morgan fingerprint density at radius 3 is 2.68 bits per heavy atom. The first-order chi connectivity index (χ1) is 8.91. The maximum absolute atomic E-state index is 11.9. The average Bonchev–Trinajstić information content (AvgIpc) is 2.32. The van der Waals surface area contributed by atoms with Gasteiger partial charge in [-0.15, -0.1) is 0 Å². The molecule has 19 heavy (non-hydrogen) atoms. The van der Waals surface area contributed by atoms with E-state index in [9.17, 15) is 9.59 Å². The highest BCUT2D eigenvalue weighted by molar-refractivity contribution is 14.1. The van der Waals surface area contributed by atoms with Gasteiger partial charge in [0.1, 0.15) is 6.61 Å². The summed E-state index contributed by atoms with van der Waals surface area (Å²) < 4.78 is 5.40. The zero-order valence-electron chi connectivity index (χ0n) is 9.58. The Bertz CT molecular complexity index is 496. The van der Waals surface area contributed by atoms with Crippen molar-refractivity contribution in [3.63, 3.8) is 0 Å². The third-order valence-corrected chi connectivity index (χ3v) is 3.99. The third kappa shape index (κ3) is 5.52. The van der Waals surface area contributed by atoms with Crippen molar-refractivity contribution in [1.82, 2.24) is 5.32 Å². The molecule has 0 spiro atoms. The summed E-state index contributed by atoms with van der Waals surface area (Å²) in [5.74, 6) is -1.39. The highest BCUT2D eigenvalue weighted by Crippen LogP contribution is 2.26. The molecular formula is C11H10Cl2INO4. The topological polar surface area (TPSA) is 75.6 Å². The largest absolute Gasteiger partial charge is 0.480 e. The molecule has 0 saturated carbocycles. The molecule has 0 aromatic heterocycles. The molecule has 1 rings (SSSR count). The molecule has 0 radical (unpaired) electrons. The number of carbonyl (C=O) groups excluding carboxylic acids is 1. The fraction of sp³-hybridized carbons (Fsp3) is 0.273. The molecule has 1 aromatic carbocycles. The molecule has 8 heteroatoms.